The van der Waals surface area contributed by atoms with E-state index in [1.54, 1.807) is 0 Å². The predicted octanol–water partition coefficient (Wildman–Crippen LogP) is 2.60. The molecular weight excluding hydrogens is 504 g/mol. The van der Waals surface area contributed by atoms with Crippen molar-refractivity contribution in [3.63, 3.8) is 0 Å². The van der Waals surface area contributed by atoms with Crippen molar-refractivity contribution in [1.82, 2.24) is 21.3 Å². The molecule has 0 bridgehead atoms. The number of urea groups is 1. The molecule has 39 heavy (non-hydrogen) atoms. The van der Waals surface area contributed by atoms with Gasteiger partial charge in [-0.25, -0.2) is 4.79 Å². The predicted molar refractivity (Wildman–Crippen MR) is 143 cm³/mol. The number of ether oxygens (including phenoxy) is 2. The first-order valence-electron chi connectivity index (χ1n) is 13.9. The van der Waals surface area contributed by atoms with Crippen molar-refractivity contribution in [3.05, 3.63) is 0 Å². The third-order valence-corrected chi connectivity index (χ3v) is 7.74. The minimum absolute atomic E-state index is 0.199. The second kappa shape index (κ2) is 10.8. The van der Waals surface area contributed by atoms with Crippen molar-refractivity contribution in [3.8, 4) is 0 Å². The zero-order chi connectivity index (χ0) is 29.4. The van der Waals surface area contributed by atoms with E-state index in [4.69, 9.17) is 9.47 Å². The Bertz CT molecular complexity index is 907. The van der Waals surface area contributed by atoms with Crippen LogP contribution < -0.4 is 21.3 Å². The third kappa shape index (κ3) is 8.23. The number of esters is 2. The number of hydrogen-bond acceptors (Lipinski definition) is 9. The van der Waals surface area contributed by atoms with Gasteiger partial charge in [0.2, 0.25) is 11.8 Å². The molecule has 0 radical (unpaired) electrons. The number of piperidine rings is 2. The van der Waals surface area contributed by atoms with Gasteiger partial charge in [-0.05, 0) is 68.2 Å². The Hall–Kier alpha value is -2.53. The average Bonchev–Trinajstić information content (AvgIpc) is 2.68. The number of rotatable bonds is 8. The van der Waals surface area contributed by atoms with Crippen molar-refractivity contribution in [2.45, 2.75) is 141 Å². The topological polar surface area (TPSA) is 152 Å². The lowest BCUT2D eigenvalue weighted by atomic mass is 9.76. The Labute approximate surface area is 231 Å². The molecule has 0 saturated carbocycles. The summed E-state index contributed by atoms with van der Waals surface area (Å²) in [5.74, 6) is -2.73. The molecule has 4 amide bonds. The first-order chi connectivity index (χ1) is 17.7. The van der Waals surface area contributed by atoms with E-state index in [0.29, 0.717) is 25.7 Å². The SMILES string of the molecule is CC1(C)CC(OC(=O)CCC2(CCC(=O)OC3CC(C)(C)NC(C)(C)C3)C(=O)NC(=O)NC2=O)CC(C)(C)N1. The second-order valence-electron chi connectivity index (χ2n) is 14.1. The standard InChI is InChI=1S/C28H46N4O7/c1-24(2)13-17(14-25(3,4)31-24)38-19(33)9-11-28(21(35)29-23(37)30-22(28)36)12-10-20(34)39-18-15-26(5,6)32-27(7,8)16-18/h17-18,31-32H,9-16H2,1-8H3,(H2,29,30,35,36,37). The fourth-order valence-corrected chi connectivity index (χ4v) is 6.90. The summed E-state index contributed by atoms with van der Waals surface area (Å²) in [5.41, 5.74) is -2.67. The molecule has 0 aromatic carbocycles. The van der Waals surface area contributed by atoms with Crippen LogP contribution in [0.2, 0.25) is 0 Å². The quantitative estimate of drug-likeness (QED) is 0.264. The van der Waals surface area contributed by atoms with E-state index in [9.17, 15) is 24.0 Å². The van der Waals surface area contributed by atoms with E-state index in [0.717, 1.165) is 0 Å². The summed E-state index contributed by atoms with van der Waals surface area (Å²) in [4.78, 5) is 63.4. The van der Waals surface area contributed by atoms with Gasteiger partial charge in [-0.1, -0.05) is 0 Å². The zero-order valence-electron chi connectivity index (χ0n) is 24.7. The molecule has 11 nitrogen and oxygen atoms in total. The molecule has 0 spiro atoms. The summed E-state index contributed by atoms with van der Waals surface area (Å²) in [5, 5.41) is 11.3. The van der Waals surface area contributed by atoms with E-state index in [2.05, 4.69) is 21.3 Å². The number of imide groups is 2. The summed E-state index contributed by atoms with van der Waals surface area (Å²) in [7, 11) is 0. The maximum absolute atomic E-state index is 13.0. The van der Waals surface area contributed by atoms with Gasteiger partial charge in [0.15, 0.2) is 0 Å². The van der Waals surface area contributed by atoms with Gasteiger partial charge in [0, 0.05) is 60.7 Å². The van der Waals surface area contributed by atoms with Crippen LogP contribution in [0.5, 0.6) is 0 Å². The molecule has 3 rings (SSSR count). The smallest absolute Gasteiger partial charge is 0.328 e. The maximum Gasteiger partial charge on any atom is 0.328 e. The molecule has 0 aromatic rings. The third-order valence-electron chi connectivity index (χ3n) is 7.74. The number of barbiturate groups is 1. The number of nitrogens with one attached hydrogen (secondary N) is 4. The van der Waals surface area contributed by atoms with Gasteiger partial charge >= 0.3 is 18.0 Å². The fraction of sp³-hybridized carbons (Fsp3) is 0.821. The van der Waals surface area contributed by atoms with E-state index >= 15 is 0 Å². The van der Waals surface area contributed by atoms with Gasteiger partial charge in [0.25, 0.3) is 0 Å². The molecule has 220 valence electrons. The molecule has 0 aromatic heterocycles. The van der Waals surface area contributed by atoms with E-state index < -0.39 is 35.2 Å². The number of carbonyl (C=O) groups excluding carboxylic acids is 5. The van der Waals surface area contributed by atoms with Gasteiger partial charge in [-0.15, -0.1) is 0 Å². The highest BCUT2D eigenvalue weighted by atomic mass is 16.5. The van der Waals surface area contributed by atoms with Crippen LogP contribution in [0, 0.1) is 5.41 Å². The molecule has 11 heteroatoms. The molecule has 3 heterocycles. The molecule has 0 unspecified atom stereocenters. The van der Waals surface area contributed by atoms with Crippen LogP contribution in [0.4, 0.5) is 4.79 Å². The van der Waals surface area contributed by atoms with Crippen molar-refractivity contribution >= 4 is 29.8 Å². The minimum atomic E-state index is -1.77. The van der Waals surface area contributed by atoms with Gasteiger partial charge in [-0.3, -0.25) is 29.8 Å². The first-order valence-corrected chi connectivity index (χ1v) is 13.9. The van der Waals surface area contributed by atoms with Crippen molar-refractivity contribution < 1.29 is 33.4 Å². The highest BCUT2D eigenvalue weighted by molar-refractivity contribution is 6.19. The largest absolute Gasteiger partial charge is 0.462 e. The Morgan fingerprint density at radius 3 is 1.26 bits per heavy atom. The number of amides is 4. The molecule has 0 atom stereocenters. The minimum Gasteiger partial charge on any atom is -0.462 e. The number of carbonyl (C=O) groups is 5. The van der Waals surface area contributed by atoms with E-state index in [-0.39, 0.29) is 60.0 Å². The van der Waals surface area contributed by atoms with Crippen LogP contribution in [0.3, 0.4) is 0 Å². The zero-order valence-corrected chi connectivity index (χ0v) is 24.7. The Kier molecular flexibility index (Phi) is 8.59. The lowest BCUT2D eigenvalue weighted by Crippen LogP contribution is -2.62. The maximum atomic E-state index is 13.0. The van der Waals surface area contributed by atoms with Gasteiger partial charge in [0.1, 0.15) is 17.6 Å². The molecule has 3 fully saturated rings. The summed E-state index contributed by atoms with van der Waals surface area (Å²) >= 11 is 0. The fourth-order valence-electron chi connectivity index (χ4n) is 6.90. The van der Waals surface area contributed by atoms with Crippen molar-refractivity contribution in [2.75, 3.05) is 0 Å². The Morgan fingerprint density at radius 1 is 0.641 bits per heavy atom. The van der Waals surface area contributed by atoms with Gasteiger partial charge in [-0.2, -0.15) is 0 Å². The van der Waals surface area contributed by atoms with Crippen LogP contribution in [0.15, 0.2) is 0 Å². The van der Waals surface area contributed by atoms with Gasteiger partial charge in [0.05, 0.1) is 0 Å². The molecule has 3 saturated heterocycles. The van der Waals surface area contributed by atoms with Crippen molar-refractivity contribution in [1.29, 1.82) is 0 Å². The highest BCUT2D eigenvalue weighted by Crippen LogP contribution is 2.36. The summed E-state index contributed by atoms with van der Waals surface area (Å²) in [6.07, 6.45) is 1.03. The van der Waals surface area contributed by atoms with E-state index in [1.807, 2.05) is 55.4 Å². The summed E-state index contributed by atoms with van der Waals surface area (Å²) in [6.45, 7) is 16.4. The van der Waals surface area contributed by atoms with Gasteiger partial charge < -0.3 is 20.1 Å². The average molecular weight is 551 g/mol. The van der Waals surface area contributed by atoms with Crippen LogP contribution in [0.25, 0.3) is 0 Å². The Morgan fingerprint density at radius 2 is 0.949 bits per heavy atom. The molecule has 4 N–H and O–H groups in total. The highest BCUT2D eigenvalue weighted by Gasteiger charge is 2.51. The molecule has 3 aliphatic heterocycles. The monoisotopic (exact) mass is 550 g/mol. The van der Waals surface area contributed by atoms with Crippen LogP contribution >= 0.6 is 0 Å². The lowest BCUT2D eigenvalue weighted by Gasteiger charge is -2.46. The second-order valence-corrected chi connectivity index (χ2v) is 14.1. The number of hydrogen-bond donors (Lipinski definition) is 4. The Balaban J connectivity index is 1.65. The van der Waals surface area contributed by atoms with Crippen LogP contribution in [-0.4, -0.2) is 64.1 Å². The molecule has 0 aliphatic carbocycles. The lowest BCUT2D eigenvalue weighted by molar-refractivity contribution is -0.155. The van der Waals surface area contributed by atoms with Crippen LogP contribution in [0.1, 0.15) is 107 Å². The summed E-state index contributed by atoms with van der Waals surface area (Å²) in [6, 6.07) is -0.927. The van der Waals surface area contributed by atoms with E-state index in [1.165, 1.54) is 0 Å². The molecular formula is C28H46N4O7. The van der Waals surface area contributed by atoms with Crippen LogP contribution in [-0.2, 0) is 28.7 Å². The van der Waals surface area contributed by atoms with Crippen molar-refractivity contribution in [2.24, 2.45) is 5.41 Å². The normalized spacial score (nSPS) is 25.8. The summed E-state index contributed by atoms with van der Waals surface area (Å²) < 4.78 is 11.5. The molecule has 3 aliphatic rings. The first kappa shape index (κ1) is 31.0.